The predicted molar refractivity (Wildman–Crippen MR) is 83.1 cm³/mol. The molecule has 0 spiro atoms. The lowest BCUT2D eigenvalue weighted by Gasteiger charge is -2.32. The van der Waals surface area contributed by atoms with E-state index in [-0.39, 0.29) is 11.1 Å². The summed E-state index contributed by atoms with van der Waals surface area (Å²) in [5, 5.41) is 12.1. The Kier molecular flexibility index (Phi) is 4.73. The van der Waals surface area contributed by atoms with E-state index in [2.05, 4.69) is 0 Å². The van der Waals surface area contributed by atoms with E-state index < -0.39 is 47.0 Å². The van der Waals surface area contributed by atoms with Gasteiger partial charge in [0.05, 0.1) is 11.5 Å². The van der Waals surface area contributed by atoms with Crippen LogP contribution < -0.4 is 5.11 Å². The Bertz CT molecular complexity index is 763. The molecule has 2 atom stereocenters. The number of rotatable bonds is 2. The van der Waals surface area contributed by atoms with Crippen LogP contribution in [0.15, 0.2) is 35.1 Å². The molecule has 4 amide bonds. The van der Waals surface area contributed by atoms with Gasteiger partial charge in [-0.25, -0.2) is 0 Å². The molecule has 0 radical (unpaired) electrons. The van der Waals surface area contributed by atoms with Crippen molar-refractivity contribution in [3.63, 3.8) is 0 Å². The van der Waals surface area contributed by atoms with Gasteiger partial charge in [0.1, 0.15) is 0 Å². The van der Waals surface area contributed by atoms with E-state index in [9.17, 15) is 29.1 Å². The second-order valence-electron chi connectivity index (χ2n) is 5.93. The Morgan fingerprint density at radius 3 is 2.00 bits per heavy atom. The van der Waals surface area contributed by atoms with Crippen LogP contribution in [0.1, 0.15) is 13.8 Å². The van der Waals surface area contributed by atoms with Crippen molar-refractivity contribution in [2.75, 3.05) is 14.1 Å². The first-order chi connectivity index (χ1) is 11.6. The lowest BCUT2D eigenvalue weighted by molar-refractivity contribution is -0.314. The number of likely N-dealkylation sites (tertiary alicyclic amines) is 1. The maximum Gasteiger partial charge on any atom is 0.263 e. The summed E-state index contributed by atoms with van der Waals surface area (Å²) in [6.07, 6.45) is 3.56. The van der Waals surface area contributed by atoms with Crippen LogP contribution in [0.5, 0.6) is 0 Å². The second-order valence-corrected chi connectivity index (χ2v) is 5.93. The van der Waals surface area contributed by atoms with E-state index in [0.717, 1.165) is 9.80 Å². The highest BCUT2D eigenvalue weighted by atomic mass is 16.3. The number of carbonyl (C=O) groups is 5. The minimum absolute atomic E-state index is 0.209. The molecule has 1 fully saturated rings. The standard InChI is InChI=1S/C17H18N2O6/c1-8-12(20)10(16(24)18(3)14(8)22)6-5-7-11-13(21)9(2)15(23)19(4)17(11)25/h5-9,20H,1-4H3/p-1/b6-5+,11-7-. The summed E-state index contributed by atoms with van der Waals surface area (Å²) in [7, 11) is 2.55. The monoisotopic (exact) mass is 345 g/mol. The summed E-state index contributed by atoms with van der Waals surface area (Å²) in [4.78, 5) is 61.3. The summed E-state index contributed by atoms with van der Waals surface area (Å²) >= 11 is 0. The van der Waals surface area contributed by atoms with Crippen molar-refractivity contribution in [3.8, 4) is 0 Å². The van der Waals surface area contributed by atoms with Gasteiger partial charge < -0.3 is 5.11 Å². The van der Waals surface area contributed by atoms with Gasteiger partial charge in [-0.2, -0.15) is 0 Å². The largest absolute Gasteiger partial charge is 0.874 e. The number of ketones is 1. The number of allylic oxidation sites excluding steroid dienone is 2. The molecule has 0 N–H and O–H groups in total. The van der Waals surface area contributed by atoms with Gasteiger partial charge in [-0.3, -0.25) is 33.8 Å². The minimum atomic E-state index is -0.975. The van der Waals surface area contributed by atoms with E-state index >= 15 is 0 Å². The molecule has 8 heteroatoms. The predicted octanol–water partition coefficient (Wildman–Crippen LogP) is -1.08. The highest BCUT2D eigenvalue weighted by molar-refractivity contribution is 6.31. The van der Waals surface area contributed by atoms with Gasteiger partial charge in [-0.15, -0.1) is 5.76 Å². The fourth-order valence-corrected chi connectivity index (χ4v) is 2.59. The summed E-state index contributed by atoms with van der Waals surface area (Å²) < 4.78 is 0. The number of likely N-dealkylation sites (N-methyl/N-ethyl adjacent to an activating group) is 2. The van der Waals surface area contributed by atoms with E-state index in [4.69, 9.17) is 0 Å². The Morgan fingerprint density at radius 1 is 0.880 bits per heavy atom. The molecular formula is C17H17N2O6-. The molecule has 0 aromatic rings. The SMILES string of the molecule is CC1C(=O)/C(=C/C=C/C2=C([O-])C(C)C(=O)N(C)C2=O)C(=O)N(C)C1=O. The van der Waals surface area contributed by atoms with Crippen molar-refractivity contribution in [1.82, 2.24) is 9.80 Å². The van der Waals surface area contributed by atoms with Crippen LogP contribution in [0.4, 0.5) is 0 Å². The topological polar surface area (TPSA) is 115 Å². The van der Waals surface area contributed by atoms with Crippen molar-refractivity contribution in [2.45, 2.75) is 13.8 Å². The quantitative estimate of drug-likeness (QED) is 0.272. The van der Waals surface area contributed by atoms with Crippen LogP contribution in [-0.2, 0) is 24.0 Å². The fraction of sp³-hybridized carbons (Fsp3) is 0.353. The Balaban J connectivity index is 2.36. The van der Waals surface area contributed by atoms with Crippen molar-refractivity contribution in [1.29, 1.82) is 0 Å². The Hall–Kier alpha value is -3.03. The van der Waals surface area contributed by atoms with E-state index in [1.807, 2.05) is 0 Å². The van der Waals surface area contributed by atoms with E-state index in [0.29, 0.717) is 0 Å². The van der Waals surface area contributed by atoms with Gasteiger partial charge in [0.2, 0.25) is 11.8 Å². The molecule has 2 rings (SSSR count). The first-order valence-corrected chi connectivity index (χ1v) is 7.57. The third-order valence-corrected chi connectivity index (χ3v) is 4.32. The zero-order valence-corrected chi connectivity index (χ0v) is 14.2. The number of piperidine rings is 1. The first-order valence-electron chi connectivity index (χ1n) is 7.57. The highest BCUT2D eigenvalue weighted by Crippen LogP contribution is 2.23. The van der Waals surface area contributed by atoms with Gasteiger partial charge in [-0.05, 0) is 13.0 Å². The highest BCUT2D eigenvalue weighted by Gasteiger charge is 2.39. The van der Waals surface area contributed by atoms with Crippen LogP contribution in [0.25, 0.3) is 0 Å². The molecular weight excluding hydrogens is 328 g/mol. The van der Waals surface area contributed by atoms with Crippen molar-refractivity contribution in [2.24, 2.45) is 11.8 Å². The van der Waals surface area contributed by atoms with Crippen LogP contribution in [0, 0.1) is 11.8 Å². The van der Waals surface area contributed by atoms with Crippen LogP contribution in [0.2, 0.25) is 0 Å². The minimum Gasteiger partial charge on any atom is -0.874 e. The zero-order chi connectivity index (χ0) is 19.0. The average molecular weight is 345 g/mol. The van der Waals surface area contributed by atoms with Gasteiger partial charge in [0, 0.05) is 25.6 Å². The summed E-state index contributed by atoms with van der Waals surface area (Å²) in [5.41, 5.74) is -0.417. The molecule has 2 unspecified atom stereocenters. The fourth-order valence-electron chi connectivity index (χ4n) is 2.59. The molecule has 1 saturated heterocycles. The number of hydrogen-bond acceptors (Lipinski definition) is 6. The zero-order valence-electron chi connectivity index (χ0n) is 14.2. The number of Topliss-reactive ketones (excluding diaryl/α,β-unsaturated/α-hetero) is 1. The number of imide groups is 2. The van der Waals surface area contributed by atoms with Gasteiger partial charge in [0.15, 0.2) is 5.78 Å². The third kappa shape index (κ3) is 2.90. The third-order valence-electron chi connectivity index (χ3n) is 4.32. The Labute approximate surface area is 144 Å². The van der Waals surface area contributed by atoms with Crippen LogP contribution >= 0.6 is 0 Å². The average Bonchev–Trinajstić information content (AvgIpc) is 2.60. The molecule has 2 aliphatic heterocycles. The maximum atomic E-state index is 12.1. The van der Waals surface area contributed by atoms with Crippen molar-refractivity contribution in [3.05, 3.63) is 35.1 Å². The number of hydrogen-bond donors (Lipinski definition) is 0. The molecule has 8 nitrogen and oxygen atoms in total. The van der Waals surface area contributed by atoms with Crippen molar-refractivity contribution < 1.29 is 29.1 Å². The smallest absolute Gasteiger partial charge is 0.263 e. The number of amides is 4. The van der Waals surface area contributed by atoms with Crippen molar-refractivity contribution >= 4 is 29.4 Å². The lowest BCUT2D eigenvalue weighted by atomic mass is 9.92. The number of nitrogens with zero attached hydrogens (tertiary/aromatic N) is 2. The van der Waals surface area contributed by atoms with Crippen LogP contribution in [0.3, 0.4) is 0 Å². The molecule has 25 heavy (non-hydrogen) atoms. The molecule has 2 heterocycles. The molecule has 0 aromatic heterocycles. The molecule has 0 aliphatic carbocycles. The second kappa shape index (κ2) is 6.46. The molecule has 0 saturated carbocycles. The van der Waals surface area contributed by atoms with Gasteiger partial charge in [0.25, 0.3) is 11.8 Å². The lowest BCUT2D eigenvalue weighted by Crippen LogP contribution is -2.47. The molecule has 132 valence electrons. The Morgan fingerprint density at radius 2 is 1.40 bits per heavy atom. The van der Waals surface area contributed by atoms with Crippen LogP contribution in [-0.4, -0.2) is 53.3 Å². The van der Waals surface area contributed by atoms with Gasteiger partial charge in [-0.1, -0.05) is 19.1 Å². The normalized spacial score (nSPS) is 27.4. The van der Waals surface area contributed by atoms with E-state index in [1.165, 1.54) is 46.2 Å². The molecule has 0 aromatic carbocycles. The summed E-state index contributed by atoms with van der Waals surface area (Å²) in [6, 6.07) is 0. The van der Waals surface area contributed by atoms with Gasteiger partial charge >= 0.3 is 0 Å². The molecule has 2 aliphatic rings. The molecule has 0 bridgehead atoms. The maximum absolute atomic E-state index is 12.1. The first kappa shape index (κ1) is 18.3. The number of carbonyl (C=O) groups excluding carboxylic acids is 5. The summed E-state index contributed by atoms with van der Waals surface area (Å²) in [5.74, 6) is -5.86. The van der Waals surface area contributed by atoms with E-state index in [1.54, 1.807) is 0 Å². The summed E-state index contributed by atoms with van der Waals surface area (Å²) in [6.45, 7) is 2.80.